The summed E-state index contributed by atoms with van der Waals surface area (Å²) >= 11 is 0. The van der Waals surface area contributed by atoms with Crippen molar-refractivity contribution in [1.82, 2.24) is 5.32 Å². The van der Waals surface area contributed by atoms with E-state index in [0.717, 1.165) is 5.92 Å². The minimum Gasteiger partial charge on any atom is -0.316 e. The Kier molecular flexibility index (Phi) is 5.32. The van der Waals surface area contributed by atoms with Crippen LogP contribution in [0, 0.1) is 5.92 Å². The van der Waals surface area contributed by atoms with Crippen LogP contribution in [0.1, 0.15) is 27.2 Å². The molecule has 0 spiro atoms. The zero-order valence-corrected chi connectivity index (χ0v) is 7.41. The second-order valence-electron chi connectivity index (χ2n) is 2.69. The molecule has 0 saturated carbocycles. The summed E-state index contributed by atoms with van der Waals surface area (Å²) in [7, 11) is 0. The molecule has 10 heavy (non-hydrogen) atoms. The highest BCUT2D eigenvalue weighted by Crippen LogP contribution is 2.12. The van der Waals surface area contributed by atoms with E-state index < -0.39 is 0 Å². The zero-order valence-electron chi connectivity index (χ0n) is 7.41. The fraction of sp³-hybridized carbons (Fsp3) is 0.778. The van der Waals surface area contributed by atoms with Gasteiger partial charge >= 0.3 is 0 Å². The van der Waals surface area contributed by atoms with Gasteiger partial charge in [-0.3, -0.25) is 0 Å². The molecule has 0 aromatic carbocycles. The highest BCUT2D eigenvalue weighted by Gasteiger charge is 2.15. The lowest BCUT2D eigenvalue weighted by Crippen LogP contribution is -2.41. The van der Waals surface area contributed by atoms with Crippen molar-refractivity contribution in [1.29, 1.82) is 0 Å². The predicted molar refractivity (Wildman–Crippen MR) is 47.1 cm³/mol. The molecule has 1 saturated heterocycles. The first-order chi connectivity index (χ1) is 4.79. The van der Waals surface area contributed by atoms with Gasteiger partial charge in [0.05, 0.1) is 0 Å². The van der Waals surface area contributed by atoms with Crippen molar-refractivity contribution in [3.63, 3.8) is 0 Å². The molecule has 0 radical (unpaired) electrons. The second-order valence-corrected chi connectivity index (χ2v) is 2.69. The van der Waals surface area contributed by atoms with Crippen molar-refractivity contribution in [2.75, 3.05) is 13.1 Å². The molecular formula is C9H19N. The third-order valence-electron chi connectivity index (χ3n) is 1.50. The topological polar surface area (TPSA) is 12.0 Å². The maximum absolute atomic E-state index is 3.85. The Balaban J connectivity index is 0.000000371. The van der Waals surface area contributed by atoms with E-state index in [9.17, 15) is 0 Å². The maximum atomic E-state index is 3.85. The number of nitrogens with one attached hydrogen (secondary N) is 1. The Labute approximate surface area is 64.5 Å². The van der Waals surface area contributed by atoms with E-state index in [2.05, 4.69) is 18.8 Å². The van der Waals surface area contributed by atoms with E-state index in [0.29, 0.717) is 0 Å². The van der Waals surface area contributed by atoms with Gasteiger partial charge in [-0.2, -0.15) is 0 Å². The lowest BCUT2D eigenvalue weighted by Gasteiger charge is -2.26. The van der Waals surface area contributed by atoms with Crippen LogP contribution in [0.5, 0.6) is 0 Å². The molecule has 60 valence electrons. The van der Waals surface area contributed by atoms with Crippen LogP contribution in [0.3, 0.4) is 0 Å². The lowest BCUT2D eigenvalue weighted by molar-refractivity contribution is 0.346. The smallest absolute Gasteiger partial charge is 0.000518 e. The van der Waals surface area contributed by atoms with Crippen LogP contribution >= 0.6 is 0 Å². The normalized spacial score (nSPS) is 16.7. The van der Waals surface area contributed by atoms with Crippen molar-refractivity contribution in [2.24, 2.45) is 5.92 Å². The molecule has 1 aliphatic heterocycles. The molecule has 1 fully saturated rings. The van der Waals surface area contributed by atoms with Gasteiger partial charge in [0.1, 0.15) is 0 Å². The number of allylic oxidation sites excluding steroid dienone is 1. The fourth-order valence-corrected chi connectivity index (χ4v) is 0.986. The van der Waals surface area contributed by atoms with Crippen molar-refractivity contribution >= 4 is 0 Å². The summed E-state index contributed by atoms with van der Waals surface area (Å²) in [4.78, 5) is 0. The predicted octanol–water partition coefficient (Wildman–Crippen LogP) is 2.20. The molecule has 1 heteroatoms. The fourth-order valence-electron chi connectivity index (χ4n) is 0.986. The summed E-state index contributed by atoms with van der Waals surface area (Å²) in [5.41, 5.74) is 1.32. The summed E-state index contributed by atoms with van der Waals surface area (Å²) in [6.07, 6.45) is 1.22. The van der Waals surface area contributed by atoms with Gasteiger partial charge in [-0.25, -0.2) is 0 Å². The summed E-state index contributed by atoms with van der Waals surface area (Å²) < 4.78 is 0. The summed E-state index contributed by atoms with van der Waals surface area (Å²) in [5.74, 6) is 0.896. The average Bonchev–Trinajstić information content (AvgIpc) is 1.84. The summed E-state index contributed by atoms with van der Waals surface area (Å²) in [6.45, 7) is 12.3. The zero-order chi connectivity index (χ0) is 7.98. The molecule has 0 aromatic rings. The van der Waals surface area contributed by atoms with E-state index in [1.165, 1.54) is 25.1 Å². The molecular weight excluding hydrogens is 122 g/mol. The average molecular weight is 141 g/mol. The Morgan fingerprint density at radius 1 is 1.50 bits per heavy atom. The van der Waals surface area contributed by atoms with Gasteiger partial charge < -0.3 is 5.32 Å². The highest BCUT2D eigenvalue weighted by atomic mass is 14.9. The molecule has 1 heterocycles. The van der Waals surface area contributed by atoms with Crippen molar-refractivity contribution < 1.29 is 0 Å². The Hall–Kier alpha value is -0.300. The van der Waals surface area contributed by atoms with Crippen LogP contribution in [0.4, 0.5) is 0 Å². The van der Waals surface area contributed by atoms with E-state index in [1.54, 1.807) is 0 Å². The molecule has 0 unspecified atom stereocenters. The molecule has 0 bridgehead atoms. The molecule has 0 aromatic heterocycles. The van der Waals surface area contributed by atoms with E-state index in [1.807, 2.05) is 13.8 Å². The molecule has 1 rings (SSSR count). The van der Waals surface area contributed by atoms with Gasteiger partial charge in [0, 0.05) is 0 Å². The van der Waals surface area contributed by atoms with Gasteiger partial charge in [-0.1, -0.05) is 19.4 Å². The molecule has 0 aliphatic carbocycles. The first kappa shape index (κ1) is 9.70. The molecule has 0 atom stereocenters. The third kappa shape index (κ3) is 3.67. The molecule has 1 aliphatic rings. The van der Waals surface area contributed by atoms with Crippen molar-refractivity contribution in [2.45, 2.75) is 27.2 Å². The summed E-state index contributed by atoms with van der Waals surface area (Å²) in [5, 5.41) is 3.23. The van der Waals surface area contributed by atoms with Crippen LogP contribution in [0.2, 0.25) is 0 Å². The SMILES string of the molecule is C=C(C)CC1CNC1.CC. The van der Waals surface area contributed by atoms with E-state index >= 15 is 0 Å². The second kappa shape index (κ2) is 5.48. The maximum Gasteiger partial charge on any atom is -0.000518 e. The van der Waals surface area contributed by atoms with Gasteiger partial charge in [0.15, 0.2) is 0 Å². The number of hydrogen-bond donors (Lipinski definition) is 1. The Morgan fingerprint density at radius 3 is 2.10 bits per heavy atom. The molecule has 0 amide bonds. The van der Waals surface area contributed by atoms with Crippen LogP contribution in [-0.4, -0.2) is 13.1 Å². The molecule has 1 nitrogen and oxygen atoms in total. The monoisotopic (exact) mass is 141 g/mol. The molecule has 1 N–H and O–H groups in total. The van der Waals surface area contributed by atoms with Crippen LogP contribution in [0.15, 0.2) is 12.2 Å². The van der Waals surface area contributed by atoms with E-state index in [-0.39, 0.29) is 0 Å². The Morgan fingerprint density at radius 2 is 2.00 bits per heavy atom. The van der Waals surface area contributed by atoms with Crippen LogP contribution < -0.4 is 5.32 Å². The number of rotatable bonds is 2. The van der Waals surface area contributed by atoms with Gasteiger partial charge in [-0.05, 0) is 32.4 Å². The van der Waals surface area contributed by atoms with Gasteiger partial charge in [-0.15, -0.1) is 6.58 Å². The first-order valence-corrected chi connectivity index (χ1v) is 4.14. The standard InChI is InChI=1S/C7H13N.C2H6/c1-6(2)3-7-4-8-5-7;1-2/h7-8H,1,3-5H2,2H3;1-2H3. The van der Waals surface area contributed by atoms with Gasteiger partial charge in [0.25, 0.3) is 0 Å². The quantitative estimate of drug-likeness (QED) is 0.581. The minimum atomic E-state index is 0.896. The first-order valence-electron chi connectivity index (χ1n) is 4.14. The van der Waals surface area contributed by atoms with Crippen LogP contribution in [0.25, 0.3) is 0 Å². The van der Waals surface area contributed by atoms with E-state index in [4.69, 9.17) is 0 Å². The van der Waals surface area contributed by atoms with Crippen molar-refractivity contribution in [3.8, 4) is 0 Å². The lowest BCUT2D eigenvalue weighted by atomic mass is 9.96. The largest absolute Gasteiger partial charge is 0.316 e. The van der Waals surface area contributed by atoms with Crippen LogP contribution in [-0.2, 0) is 0 Å². The van der Waals surface area contributed by atoms with Crippen molar-refractivity contribution in [3.05, 3.63) is 12.2 Å². The summed E-state index contributed by atoms with van der Waals surface area (Å²) in [6, 6.07) is 0. The highest BCUT2D eigenvalue weighted by molar-refractivity contribution is 4.93. The minimum absolute atomic E-state index is 0.896. The Bertz CT molecular complexity index is 92.9. The van der Waals surface area contributed by atoms with Gasteiger partial charge in [0.2, 0.25) is 0 Å². The number of hydrogen-bond acceptors (Lipinski definition) is 1. The third-order valence-corrected chi connectivity index (χ3v) is 1.50.